The third kappa shape index (κ3) is 3.73. The standard InChI is InChI=1S/C9H12N4S/c1-11-8(7-10)3-6-14-9-12-4-2-5-13-9/h2,4-5,8,11H,3,6H2,1H3. The van der Waals surface area contributed by atoms with Crippen molar-refractivity contribution in [1.82, 2.24) is 15.3 Å². The molecule has 0 saturated heterocycles. The number of nitrogens with one attached hydrogen (secondary N) is 1. The van der Waals surface area contributed by atoms with Crippen LogP contribution in [0.5, 0.6) is 0 Å². The quantitative estimate of drug-likeness (QED) is 0.579. The van der Waals surface area contributed by atoms with Crippen molar-refractivity contribution in [3.63, 3.8) is 0 Å². The van der Waals surface area contributed by atoms with Crippen LogP contribution in [0.2, 0.25) is 0 Å². The first-order chi connectivity index (χ1) is 6.86. The van der Waals surface area contributed by atoms with E-state index in [1.54, 1.807) is 37.3 Å². The van der Waals surface area contributed by atoms with E-state index >= 15 is 0 Å². The van der Waals surface area contributed by atoms with Gasteiger partial charge in [-0.25, -0.2) is 9.97 Å². The molecule has 1 aromatic rings. The zero-order chi connectivity index (χ0) is 10.2. The molecule has 0 saturated carbocycles. The largest absolute Gasteiger partial charge is 0.305 e. The van der Waals surface area contributed by atoms with Gasteiger partial charge in [-0.1, -0.05) is 11.8 Å². The summed E-state index contributed by atoms with van der Waals surface area (Å²) in [4.78, 5) is 8.15. The maximum atomic E-state index is 8.67. The summed E-state index contributed by atoms with van der Waals surface area (Å²) in [5.74, 6) is 0.850. The second kappa shape index (κ2) is 6.35. The van der Waals surface area contributed by atoms with Crippen LogP contribution in [-0.2, 0) is 0 Å². The molecule has 0 aromatic carbocycles. The van der Waals surface area contributed by atoms with Gasteiger partial charge < -0.3 is 5.32 Å². The van der Waals surface area contributed by atoms with Crippen LogP contribution in [0.3, 0.4) is 0 Å². The SMILES string of the molecule is CNC(C#N)CCSc1ncccn1. The fourth-order valence-electron chi connectivity index (χ4n) is 0.901. The van der Waals surface area contributed by atoms with Crippen LogP contribution >= 0.6 is 11.8 Å². The molecule has 74 valence electrons. The Hall–Kier alpha value is -1.12. The van der Waals surface area contributed by atoms with Crippen molar-refractivity contribution in [3.8, 4) is 6.07 Å². The predicted molar refractivity (Wildman–Crippen MR) is 55.8 cm³/mol. The molecular weight excluding hydrogens is 196 g/mol. The Kier molecular flexibility index (Phi) is 4.97. The van der Waals surface area contributed by atoms with E-state index in [0.717, 1.165) is 17.3 Å². The lowest BCUT2D eigenvalue weighted by Crippen LogP contribution is -2.23. The van der Waals surface area contributed by atoms with E-state index in [2.05, 4.69) is 21.4 Å². The molecule has 0 radical (unpaired) electrons. The highest BCUT2D eigenvalue weighted by Crippen LogP contribution is 2.12. The summed E-state index contributed by atoms with van der Waals surface area (Å²) >= 11 is 1.57. The van der Waals surface area contributed by atoms with E-state index < -0.39 is 0 Å². The van der Waals surface area contributed by atoms with Crippen LogP contribution in [0, 0.1) is 11.3 Å². The van der Waals surface area contributed by atoms with Gasteiger partial charge >= 0.3 is 0 Å². The molecular formula is C9H12N4S. The number of thioether (sulfide) groups is 1. The molecule has 0 aliphatic heterocycles. The number of aromatic nitrogens is 2. The maximum Gasteiger partial charge on any atom is 0.187 e. The molecule has 4 nitrogen and oxygen atoms in total. The Balaban J connectivity index is 2.26. The van der Waals surface area contributed by atoms with Gasteiger partial charge in [0.25, 0.3) is 0 Å². The molecule has 0 amide bonds. The molecule has 0 spiro atoms. The number of hydrogen-bond acceptors (Lipinski definition) is 5. The van der Waals surface area contributed by atoms with Crippen molar-refractivity contribution in [2.75, 3.05) is 12.8 Å². The molecule has 1 rings (SSSR count). The van der Waals surface area contributed by atoms with Gasteiger partial charge in [0.1, 0.15) is 0 Å². The van der Waals surface area contributed by atoms with E-state index in [1.165, 1.54) is 0 Å². The zero-order valence-electron chi connectivity index (χ0n) is 7.97. The van der Waals surface area contributed by atoms with Crippen molar-refractivity contribution in [2.24, 2.45) is 0 Å². The van der Waals surface area contributed by atoms with Crippen molar-refractivity contribution in [1.29, 1.82) is 5.26 Å². The summed E-state index contributed by atoms with van der Waals surface area (Å²) in [6.07, 6.45) is 4.24. The fraction of sp³-hybridized carbons (Fsp3) is 0.444. The van der Waals surface area contributed by atoms with Crippen LogP contribution in [0.15, 0.2) is 23.6 Å². The molecule has 14 heavy (non-hydrogen) atoms. The van der Waals surface area contributed by atoms with Crippen LogP contribution in [0.1, 0.15) is 6.42 Å². The first-order valence-corrected chi connectivity index (χ1v) is 5.32. The lowest BCUT2D eigenvalue weighted by Gasteiger charge is -2.05. The molecule has 0 fully saturated rings. The normalized spacial score (nSPS) is 12.0. The highest BCUT2D eigenvalue weighted by molar-refractivity contribution is 7.99. The van der Waals surface area contributed by atoms with Crippen LogP contribution in [0.25, 0.3) is 0 Å². The molecule has 0 aliphatic carbocycles. The van der Waals surface area contributed by atoms with E-state index in [1.807, 2.05) is 0 Å². The number of nitriles is 1. The van der Waals surface area contributed by atoms with Gasteiger partial charge in [0.2, 0.25) is 0 Å². The lowest BCUT2D eigenvalue weighted by atomic mass is 10.3. The second-order valence-electron chi connectivity index (χ2n) is 2.64. The number of hydrogen-bond donors (Lipinski definition) is 1. The highest BCUT2D eigenvalue weighted by Gasteiger charge is 2.04. The Morgan fingerprint density at radius 2 is 2.29 bits per heavy atom. The van der Waals surface area contributed by atoms with Crippen LogP contribution < -0.4 is 5.32 Å². The second-order valence-corrected chi connectivity index (χ2v) is 3.70. The van der Waals surface area contributed by atoms with Crippen molar-refractivity contribution in [2.45, 2.75) is 17.6 Å². The van der Waals surface area contributed by atoms with E-state index in [9.17, 15) is 0 Å². The Morgan fingerprint density at radius 1 is 1.57 bits per heavy atom. The molecule has 5 heteroatoms. The molecule has 0 bridgehead atoms. The van der Waals surface area contributed by atoms with Gasteiger partial charge in [-0.2, -0.15) is 5.26 Å². The average molecular weight is 208 g/mol. The minimum Gasteiger partial charge on any atom is -0.305 e. The molecule has 1 N–H and O–H groups in total. The Bertz CT molecular complexity index is 295. The van der Waals surface area contributed by atoms with E-state index in [4.69, 9.17) is 5.26 Å². The third-order valence-electron chi connectivity index (χ3n) is 1.68. The molecule has 0 aliphatic rings. The fourth-order valence-corrected chi connectivity index (χ4v) is 1.71. The minimum absolute atomic E-state index is 0.0776. The van der Waals surface area contributed by atoms with Crippen LogP contribution in [0.4, 0.5) is 0 Å². The highest BCUT2D eigenvalue weighted by atomic mass is 32.2. The predicted octanol–water partition coefficient (Wildman–Crippen LogP) is 1.07. The molecule has 1 heterocycles. The van der Waals surface area contributed by atoms with Gasteiger partial charge in [-0.05, 0) is 19.5 Å². The lowest BCUT2D eigenvalue weighted by molar-refractivity contribution is 0.663. The minimum atomic E-state index is -0.0776. The van der Waals surface area contributed by atoms with Gasteiger partial charge in [-0.3, -0.25) is 0 Å². The van der Waals surface area contributed by atoms with Gasteiger partial charge in [0.05, 0.1) is 12.1 Å². The topological polar surface area (TPSA) is 61.6 Å². The number of rotatable bonds is 5. The number of nitrogens with zero attached hydrogens (tertiary/aromatic N) is 3. The third-order valence-corrected chi connectivity index (χ3v) is 2.59. The van der Waals surface area contributed by atoms with Gasteiger partial charge in [-0.15, -0.1) is 0 Å². The summed E-state index contributed by atoms with van der Waals surface area (Å²) in [6, 6.07) is 3.88. The van der Waals surface area contributed by atoms with Crippen LogP contribution in [-0.4, -0.2) is 28.8 Å². The van der Waals surface area contributed by atoms with E-state index in [0.29, 0.717) is 0 Å². The first kappa shape index (κ1) is 11.0. The summed E-state index contributed by atoms with van der Waals surface area (Å²) in [7, 11) is 1.79. The Morgan fingerprint density at radius 3 is 2.86 bits per heavy atom. The van der Waals surface area contributed by atoms with Crippen molar-refractivity contribution < 1.29 is 0 Å². The van der Waals surface area contributed by atoms with Crippen molar-refractivity contribution >= 4 is 11.8 Å². The van der Waals surface area contributed by atoms with Gasteiger partial charge in [0, 0.05) is 18.1 Å². The molecule has 1 atom stereocenters. The zero-order valence-corrected chi connectivity index (χ0v) is 8.79. The van der Waals surface area contributed by atoms with E-state index in [-0.39, 0.29) is 6.04 Å². The summed E-state index contributed by atoms with van der Waals surface area (Å²) in [5.41, 5.74) is 0. The maximum absolute atomic E-state index is 8.67. The molecule has 1 aromatic heterocycles. The molecule has 1 unspecified atom stereocenters. The summed E-state index contributed by atoms with van der Waals surface area (Å²) in [5, 5.41) is 12.4. The van der Waals surface area contributed by atoms with Gasteiger partial charge in [0.15, 0.2) is 5.16 Å². The smallest absolute Gasteiger partial charge is 0.187 e. The van der Waals surface area contributed by atoms with Crippen molar-refractivity contribution in [3.05, 3.63) is 18.5 Å². The summed E-state index contributed by atoms with van der Waals surface area (Å²) < 4.78 is 0. The first-order valence-electron chi connectivity index (χ1n) is 4.33. The monoisotopic (exact) mass is 208 g/mol. The summed E-state index contributed by atoms with van der Waals surface area (Å²) in [6.45, 7) is 0. The Labute approximate surface area is 87.8 Å². The average Bonchev–Trinajstić information content (AvgIpc) is 2.26.